The van der Waals surface area contributed by atoms with Gasteiger partial charge in [0.15, 0.2) is 0 Å². The fourth-order valence-electron chi connectivity index (χ4n) is 2.16. The van der Waals surface area contributed by atoms with E-state index in [1.54, 1.807) is 0 Å². The highest BCUT2D eigenvalue weighted by Gasteiger charge is 2.14. The number of allylic oxidation sites excluding steroid dienone is 3. The van der Waals surface area contributed by atoms with Crippen molar-refractivity contribution in [3.63, 3.8) is 0 Å². The molecule has 1 aromatic carbocycles. The zero-order valence-electron chi connectivity index (χ0n) is 8.72. The van der Waals surface area contributed by atoms with Crippen LogP contribution < -0.4 is 0 Å². The van der Waals surface area contributed by atoms with Crippen molar-refractivity contribution in [2.24, 2.45) is 0 Å². The third kappa shape index (κ3) is 1.52. The van der Waals surface area contributed by atoms with E-state index >= 15 is 0 Å². The van der Waals surface area contributed by atoms with Crippen LogP contribution >= 0.6 is 0 Å². The van der Waals surface area contributed by atoms with Gasteiger partial charge in [0.1, 0.15) is 0 Å². The largest absolute Gasteiger partial charge is 0.103 e. The highest BCUT2D eigenvalue weighted by molar-refractivity contribution is 5.73. The smallest absolute Gasteiger partial charge is 0.00946 e. The van der Waals surface area contributed by atoms with Gasteiger partial charge in [-0.25, -0.2) is 0 Å². The summed E-state index contributed by atoms with van der Waals surface area (Å²) in [6.07, 6.45) is 5.41. The van der Waals surface area contributed by atoms with Gasteiger partial charge in [0.25, 0.3) is 0 Å². The molecule has 0 unspecified atom stereocenters. The molecule has 14 heavy (non-hydrogen) atoms. The molecule has 0 radical (unpaired) electrons. The monoisotopic (exact) mass is 184 g/mol. The van der Waals surface area contributed by atoms with Crippen LogP contribution in [0.4, 0.5) is 0 Å². The second-order valence-corrected chi connectivity index (χ2v) is 3.91. The Morgan fingerprint density at radius 1 is 1.29 bits per heavy atom. The van der Waals surface area contributed by atoms with E-state index in [1.165, 1.54) is 35.1 Å². The van der Waals surface area contributed by atoms with Crippen molar-refractivity contribution in [3.8, 4) is 0 Å². The molecule has 72 valence electrons. The predicted octanol–water partition coefficient (Wildman–Crippen LogP) is 3.98. The maximum Gasteiger partial charge on any atom is -0.00946 e. The molecule has 0 saturated carbocycles. The Bertz CT molecular complexity index is 383. The van der Waals surface area contributed by atoms with Crippen molar-refractivity contribution in [3.05, 3.63) is 53.6 Å². The first-order valence-corrected chi connectivity index (χ1v) is 5.20. The molecule has 1 aliphatic rings. The molecule has 2 rings (SSSR count). The standard InChI is InChI=1S/C14H16/c1-3-6-13-11(2)9-10-12-7-4-5-8-14(12)13/h3-5,7-8H,1,6,9-10H2,2H3. The second kappa shape index (κ2) is 3.83. The molecule has 0 N–H and O–H groups in total. The van der Waals surface area contributed by atoms with Gasteiger partial charge in [-0.05, 0) is 42.9 Å². The fourth-order valence-corrected chi connectivity index (χ4v) is 2.16. The van der Waals surface area contributed by atoms with E-state index in [-0.39, 0.29) is 0 Å². The fraction of sp³-hybridized carbons (Fsp3) is 0.286. The lowest BCUT2D eigenvalue weighted by molar-refractivity contribution is 0.910. The van der Waals surface area contributed by atoms with Crippen LogP contribution in [-0.2, 0) is 6.42 Å². The Hall–Kier alpha value is -1.30. The summed E-state index contributed by atoms with van der Waals surface area (Å²) in [5, 5.41) is 0. The van der Waals surface area contributed by atoms with E-state index in [2.05, 4.69) is 37.8 Å². The summed E-state index contributed by atoms with van der Waals surface area (Å²) in [5.41, 5.74) is 5.96. The molecule has 1 aliphatic carbocycles. The van der Waals surface area contributed by atoms with Gasteiger partial charge < -0.3 is 0 Å². The molecule has 0 nitrogen and oxygen atoms in total. The molecule has 0 saturated heterocycles. The molecular formula is C14H16. The highest BCUT2D eigenvalue weighted by atomic mass is 14.2. The number of rotatable bonds is 2. The first kappa shape index (κ1) is 9.26. The first-order chi connectivity index (χ1) is 6.83. The molecule has 0 fully saturated rings. The van der Waals surface area contributed by atoms with Gasteiger partial charge in [0.2, 0.25) is 0 Å². The summed E-state index contributed by atoms with van der Waals surface area (Å²) in [4.78, 5) is 0. The van der Waals surface area contributed by atoms with Crippen molar-refractivity contribution in [1.29, 1.82) is 0 Å². The van der Waals surface area contributed by atoms with Gasteiger partial charge in [0, 0.05) is 0 Å². The molecule has 0 bridgehead atoms. The Morgan fingerprint density at radius 2 is 2.07 bits per heavy atom. The summed E-state index contributed by atoms with van der Waals surface area (Å²) in [5.74, 6) is 0. The van der Waals surface area contributed by atoms with Crippen molar-refractivity contribution in [2.75, 3.05) is 0 Å². The summed E-state index contributed by atoms with van der Waals surface area (Å²) >= 11 is 0. The summed E-state index contributed by atoms with van der Waals surface area (Å²) in [7, 11) is 0. The molecule has 0 heterocycles. The van der Waals surface area contributed by atoms with Gasteiger partial charge in [-0.2, -0.15) is 0 Å². The van der Waals surface area contributed by atoms with Gasteiger partial charge in [-0.3, -0.25) is 0 Å². The van der Waals surface area contributed by atoms with E-state index in [9.17, 15) is 0 Å². The molecule has 0 heteroatoms. The Balaban J connectivity index is 2.50. The van der Waals surface area contributed by atoms with Crippen molar-refractivity contribution >= 4 is 5.57 Å². The predicted molar refractivity (Wildman–Crippen MR) is 62.2 cm³/mol. The van der Waals surface area contributed by atoms with Crippen LogP contribution in [0.3, 0.4) is 0 Å². The van der Waals surface area contributed by atoms with E-state index in [1.807, 2.05) is 6.08 Å². The SMILES string of the molecule is C=CCC1=C(C)CCc2ccccc21. The Labute approximate surface area is 86.0 Å². The van der Waals surface area contributed by atoms with Gasteiger partial charge in [0.05, 0.1) is 0 Å². The number of aryl methyl sites for hydroxylation is 1. The Kier molecular flexibility index (Phi) is 2.53. The number of hydrogen-bond donors (Lipinski definition) is 0. The molecule has 0 amide bonds. The van der Waals surface area contributed by atoms with Crippen molar-refractivity contribution in [2.45, 2.75) is 26.2 Å². The molecular weight excluding hydrogens is 168 g/mol. The summed E-state index contributed by atoms with van der Waals surface area (Å²) in [6.45, 7) is 6.07. The summed E-state index contributed by atoms with van der Waals surface area (Å²) < 4.78 is 0. The van der Waals surface area contributed by atoms with Crippen LogP contribution in [0.1, 0.15) is 30.9 Å². The number of hydrogen-bond acceptors (Lipinski definition) is 0. The molecule has 0 aliphatic heterocycles. The van der Waals surface area contributed by atoms with Gasteiger partial charge in [-0.15, -0.1) is 6.58 Å². The van der Waals surface area contributed by atoms with Crippen LogP contribution in [0.2, 0.25) is 0 Å². The lowest BCUT2D eigenvalue weighted by atomic mass is 9.85. The van der Waals surface area contributed by atoms with Crippen LogP contribution in [0.25, 0.3) is 5.57 Å². The quantitative estimate of drug-likeness (QED) is 0.610. The second-order valence-electron chi connectivity index (χ2n) is 3.91. The lowest BCUT2D eigenvalue weighted by Gasteiger charge is -2.20. The molecule has 0 aromatic heterocycles. The average Bonchev–Trinajstić information content (AvgIpc) is 2.23. The molecule has 1 aromatic rings. The zero-order valence-corrected chi connectivity index (χ0v) is 8.72. The van der Waals surface area contributed by atoms with Crippen LogP contribution in [0.15, 0.2) is 42.5 Å². The van der Waals surface area contributed by atoms with Gasteiger partial charge in [-0.1, -0.05) is 35.9 Å². The summed E-state index contributed by atoms with van der Waals surface area (Å²) in [6, 6.07) is 8.73. The maximum atomic E-state index is 3.83. The first-order valence-electron chi connectivity index (χ1n) is 5.20. The minimum Gasteiger partial charge on any atom is -0.103 e. The minimum absolute atomic E-state index is 1.00. The van der Waals surface area contributed by atoms with Crippen LogP contribution in [-0.4, -0.2) is 0 Å². The van der Waals surface area contributed by atoms with E-state index in [0.29, 0.717) is 0 Å². The van der Waals surface area contributed by atoms with Crippen molar-refractivity contribution in [1.82, 2.24) is 0 Å². The normalized spacial score (nSPS) is 15.2. The van der Waals surface area contributed by atoms with Crippen LogP contribution in [0, 0.1) is 0 Å². The maximum absolute atomic E-state index is 3.83. The molecule has 0 spiro atoms. The number of fused-ring (bicyclic) bond motifs is 1. The van der Waals surface area contributed by atoms with Crippen LogP contribution in [0.5, 0.6) is 0 Å². The third-order valence-corrected chi connectivity index (χ3v) is 2.98. The van der Waals surface area contributed by atoms with Crippen molar-refractivity contribution < 1.29 is 0 Å². The van der Waals surface area contributed by atoms with E-state index in [0.717, 1.165) is 6.42 Å². The minimum atomic E-state index is 1.00. The van der Waals surface area contributed by atoms with E-state index < -0.39 is 0 Å². The topological polar surface area (TPSA) is 0 Å². The highest BCUT2D eigenvalue weighted by Crippen LogP contribution is 2.33. The average molecular weight is 184 g/mol. The molecule has 0 atom stereocenters. The zero-order chi connectivity index (χ0) is 9.97. The van der Waals surface area contributed by atoms with E-state index in [4.69, 9.17) is 0 Å². The van der Waals surface area contributed by atoms with Gasteiger partial charge >= 0.3 is 0 Å². The lowest BCUT2D eigenvalue weighted by Crippen LogP contribution is -2.02. The Morgan fingerprint density at radius 3 is 2.86 bits per heavy atom. The third-order valence-electron chi connectivity index (χ3n) is 2.98. The number of benzene rings is 1.